The van der Waals surface area contributed by atoms with Crippen LogP contribution in [0.4, 0.5) is 5.82 Å². The van der Waals surface area contributed by atoms with Gasteiger partial charge in [0.25, 0.3) is 0 Å². The molecular weight excluding hydrogens is 224 g/mol. The second-order valence-electron chi connectivity index (χ2n) is 4.10. The molecule has 0 radical (unpaired) electrons. The number of fused-ring (bicyclic) bond motifs is 1. The Bertz CT molecular complexity index is 696. The van der Waals surface area contributed by atoms with Gasteiger partial charge in [-0.3, -0.25) is 4.98 Å². The summed E-state index contributed by atoms with van der Waals surface area (Å²) in [5, 5.41) is 1.07. The number of nitrogens with zero attached hydrogens (tertiary/aromatic N) is 3. The van der Waals surface area contributed by atoms with E-state index in [4.69, 9.17) is 5.73 Å². The number of hydrogen-bond donors (Lipinski definition) is 1. The highest BCUT2D eigenvalue weighted by Gasteiger charge is 2.07. The lowest BCUT2D eigenvalue weighted by molar-refractivity contribution is 1.07. The Labute approximate surface area is 105 Å². The van der Waals surface area contributed by atoms with Crippen LogP contribution in [0.3, 0.4) is 0 Å². The third kappa shape index (κ3) is 1.78. The molecule has 0 aliphatic carbocycles. The maximum atomic E-state index is 5.77. The molecular formula is C14H12N4. The molecule has 1 aromatic carbocycles. The van der Waals surface area contributed by atoms with Crippen molar-refractivity contribution in [2.45, 2.75) is 6.92 Å². The molecule has 2 aromatic heterocycles. The van der Waals surface area contributed by atoms with Gasteiger partial charge in [-0.1, -0.05) is 18.2 Å². The molecule has 0 spiro atoms. The van der Waals surface area contributed by atoms with Gasteiger partial charge in [0.15, 0.2) is 0 Å². The lowest BCUT2D eigenvalue weighted by Gasteiger charge is -2.06. The summed E-state index contributed by atoms with van der Waals surface area (Å²) in [6, 6.07) is 11.7. The predicted octanol–water partition coefficient (Wildman–Crippen LogP) is 2.58. The van der Waals surface area contributed by atoms with Crippen LogP contribution in [-0.2, 0) is 0 Å². The molecule has 0 aliphatic heterocycles. The van der Waals surface area contributed by atoms with E-state index in [9.17, 15) is 0 Å². The highest BCUT2D eigenvalue weighted by atomic mass is 14.9. The number of pyridine rings is 1. The minimum Gasteiger partial charge on any atom is -0.384 e. The summed E-state index contributed by atoms with van der Waals surface area (Å²) in [6.07, 6.45) is 1.78. The van der Waals surface area contributed by atoms with E-state index in [0.29, 0.717) is 11.6 Å². The van der Waals surface area contributed by atoms with Crippen molar-refractivity contribution in [2.75, 3.05) is 5.73 Å². The first-order chi connectivity index (χ1) is 8.74. The summed E-state index contributed by atoms with van der Waals surface area (Å²) in [4.78, 5) is 12.9. The van der Waals surface area contributed by atoms with Crippen molar-refractivity contribution in [2.24, 2.45) is 0 Å². The third-order valence-electron chi connectivity index (χ3n) is 2.78. The fourth-order valence-corrected chi connectivity index (χ4v) is 2.06. The SMILES string of the molecule is Cc1nc(N)cc(-c2cccc3ncccc23)n1. The summed E-state index contributed by atoms with van der Waals surface area (Å²) < 4.78 is 0. The minimum atomic E-state index is 0.485. The molecule has 0 bridgehead atoms. The Morgan fingerprint density at radius 2 is 1.94 bits per heavy atom. The smallest absolute Gasteiger partial charge is 0.128 e. The van der Waals surface area contributed by atoms with E-state index in [0.717, 1.165) is 22.2 Å². The molecule has 0 unspecified atom stereocenters. The first-order valence-electron chi connectivity index (χ1n) is 5.69. The van der Waals surface area contributed by atoms with Crippen LogP contribution in [0.2, 0.25) is 0 Å². The molecule has 0 aliphatic rings. The van der Waals surface area contributed by atoms with E-state index in [1.54, 1.807) is 12.3 Å². The summed E-state index contributed by atoms with van der Waals surface area (Å²) in [6.45, 7) is 1.84. The van der Waals surface area contributed by atoms with Crippen molar-refractivity contribution in [1.82, 2.24) is 15.0 Å². The van der Waals surface area contributed by atoms with Crippen molar-refractivity contribution in [3.8, 4) is 11.3 Å². The molecule has 0 saturated heterocycles. The van der Waals surface area contributed by atoms with Gasteiger partial charge in [-0.2, -0.15) is 0 Å². The zero-order valence-corrected chi connectivity index (χ0v) is 9.96. The molecule has 0 amide bonds. The summed E-state index contributed by atoms with van der Waals surface area (Å²) in [5.41, 5.74) is 8.58. The van der Waals surface area contributed by atoms with Gasteiger partial charge in [0.05, 0.1) is 11.2 Å². The normalized spacial score (nSPS) is 10.7. The van der Waals surface area contributed by atoms with Crippen molar-refractivity contribution in [3.63, 3.8) is 0 Å². The van der Waals surface area contributed by atoms with Gasteiger partial charge in [-0.05, 0) is 19.1 Å². The number of aromatic nitrogens is 3. The van der Waals surface area contributed by atoms with Crippen LogP contribution in [0.15, 0.2) is 42.6 Å². The maximum Gasteiger partial charge on any atom is 0.128 e. The van der Waals surface area contributed by atoms with Gasteiger partial charge in [0.2, 0.25) is 0 Å². The first-order valence-corrected chi connectivity index (χ1v) is 5.69. The van der Waals surface area contributed by atoms with E-state index in [2.05, 4.69) is 15.0 Å². The van der Waals surface area contributed by atoms with Gasteiger partial charge in [0.1, 0.15) is 11.6 Å². The predicted molar refractivity (Wildman–Crippen MR) is 71.9 cm³/mol. The monoisotopic (exact) mass is 236 g/mol. The Morgan fingerprint density at radius 1 is 1.06 bits per heavy atom. The fourth-order valence-electron chi connectivity index (χ4n) is 2.06. The summed E-state index contributed by atoms with van der Waals surface area (Å²) in [7, 11) is 0. The number of nitrogens with two attached hydrogens (primary N) is 1. The second-order valence-corrected chi connectivity index (χ2v) is 4.10. The third-order valence-corrected chi connectivity index (χ3v) is 2.78. The molecule has 3 rings (SSSR count). The van der Waals surface area contributed by atoms with Crippen molar-refractivity contribution in [1.29, 1.82) is 0 Å². The molecule has 3 aromatic rings. The van der Waals surface area contributed by atoms with E-state index in [1.165, 1.54) is 0 Å². The number of nitrogen functional groups attached to an aromatic ring is 1. The van der Waals surface area contributed by atoms with Crippen LogP contribution in [0, 0.1) is 6.92 Å². The molecule has 4 nitrogen and oxygen atoms in total. The molecule has 0 fully saturated rings. The lowest BCUT2D eigenvalue weighted by Crippen LogP contribution is -1.97. The van der Waals surface area contributed by atoms with E-state index in [1.807, 2.05) is 37.3 Å². The molecule has 88 valence electrons. The lowest BCUT2D eigenvalue weighted by atomic mass is 10.1. The average molecular weight is 236 g/mol. The van der Waals surface area contributed by atoms with Crippen molar-refractivity contribution in [3.05, 3.63) is 48.4 Å². The van der Waals surface area contributed by atoms with Crippen molar-refractivity contribution < 1.29 is 0 Å². The van der Waals surface area contributed by atoms with Gasteiger partial charge in [-0.25, -0.2) is 9.97 Å². The van der Waals surface area contributed by atoms with Gasteiger partial charge in [0, 0.05) is 23.2 Å². The van der Waals surface area contributed by atoms with Gasteiger partial charge < -0.3 is 5.73 Å². The number of rotatable bonds is 1. The first kappa shape index (κ1) is 10.7. The number of anilines is 1. The molecule has 2 N–H and O–H groups in total. The van der Waals surface area contributed by atoms with Crippen molar-refractivity contribution >= 4 is 16.7 Å². The minimum absolute atomic E-state index is 0.485. The topological polar surface area (TPSA) is 64.7 Å². The van der Waals surface area contributed by atoms with Gasteiger partial charge in [-0.15, -0.1) is 0 Å². The van der Waals surface area contributed by atoms with E-state index >= 15 is 0 Å². The Morgan fingerprint density at radius 3 is 2.78 bits per heavy atom. The van der Waals surface area contributed by atoms with Crippen LogP contribution in [0.25, 0.3) is 22.2 Å². The highest BCUT2D eigenvalue weighted by Crippen LogP contribution is 2.26. The van der Waals surface area contributed by atoms with Crippen LogP contribution in [0.5, 0.6) is 0 Å². The largest absolute Gasteiger partial charge is 0.384 e. The van der Waals surface area contributed by atoms with E-state index in [-0.39, 0.29) is 0 Å². The molecule has 0 saturated carbocycles. The van der Waals surface area contributed by atoms with Crippen LogP contribution in [-0.4, -0.2) is 15.0 Å². The highest BCUT2D eigenvalue weighted by molar-refractivity contribution is 5.93. The zero-order valence-electron chi connectivity index (χ0n) is 9.96. The average Bonchev–Trinajstić information content (AvgIpc) is 2.37. The van der Waals surface area contributed by atoms with Crippen LogP contribution >= 0.6 is 0 Å². The zero-order chi connectivity index (χ0) is 12.5. The fraction of sp³-hybridized carbons (Fsp3) is 0.0714. The Kier molecular flexibility index (Phi) is 2.41. The molecule has 2 heterocycles. The van der Waals surface area contributed by atoms with E-state index < -0.39 is 0 Å². The molecule has 0 atom stereocenters. The molecule has 4 heteroatoms. The molecule has 18 heavy (non-hydrogen) atoms. The summed E-state index contributed by atoms with van der Waals surface area (Å²) >= 11 is 0. The second kappa shape index (κ2) is 4.07. The Balaban J connectivity index is 2.31. The maximum absolute atomic E-state index is 5.77. The standard InChI is InChI=1S/C14H12N4/c1-9-17-13(8-14(15)18-9)11-4-2-6-12-10(11)5-3-7-16-12/h2-8H,1H3,(H2,15,17,18). The van der Waals surface area contributed by atoms with Gasteiger partial charge >= 0.3 is 0 Å². The number of benzene rings is 1. The number of hydrogen-bond acceptors (Lipinski definition) is 4. The number of aryl methyl sites for hydroxylation is 1. The van der Waals surface area contributed by atoms with Crippen LogP contribution < -0.4 is 5.73 Å². The Hall–Kier alpha value is -2.49. The van der Waals surface area contributed by atoms with Crippen LogP contribution in [0.1, 0.15) is 5.82 Å². The quantitative estimate of drug-likeness (QED) is 0.705. The summed E-state index contributed by atoms with van der Waals surface area (Å²) in [5.74, 6) is 1.16.